The Kier molecular flexibility index (Phi) is 5.56. The number of sulfonamides is 1. The van der Waals surface area contributed by atoms with E-state index in [1.54, 1.807) is 17.5 Å². The number of ether oxygens (including phenoxy) is 1. The fraction of sp³-hybridized carbons (Fsp3) is 0.389. The van der Waals surface area contributed by atoms with E-state index in [0.29, 0.717) is 18.8 Å². The van der Waals surface area contributed by atoms with E-state index in [1.807, 2.05) is 19.1 Å². The number of hydrogen-bond donors (Lipinski definition) is 0. The number of esters is 1. The first kappa shape index (κ1) is 18.1. The summed E-state index contributed by atoms with van der Waals surface area (Å²) in [6, 6.07) is 8.72. The Morgan fingerprint density at radius 2 is 1.80 bits per heavy atom. The molecule has 2 heterocycles. The summed E-state index contributed by atoms with van der Waals surface area (Å²) < 4.78 is 32.5. The maximum Gasteiger partial charge on any atom is 0.355 e. The SMILES string of the molecule is CCc1ccc(OC(=O)c2sccc2S(=O)(=O)N2CCCCC2)cc1. The minimum Gasteiger partial charge on any atom is -0.422 e. The molecule has 1 saturated heterocycles. The van der Waals surface area contributed by atoms with Crippen molar-refractivity contribution in [3.63, 3.8) is 0 Å². The van der Waals surface area contributed by atoms with Gasteiger partial charge in [-0.1, -0.05) is 25.5 Å². The van der Waals surface area contributed by atoms with Crippen LogP contribution in [0.2, 0.25) is 0 Å². The van der Waals surface area contributed by atoms with E-state index in [0.717, 1.165) is 42.6 Å². The normalized spacial score (nSPS) is 15.9. The Bertz CT molecular complexity index is 834. The van der Waals surface area contributed by atoms with Crippen LogP contribution in [-0.4, -0.2) is 31.8 Å². The van der Waals surface area contributed by atoms with Crippen LogP contribution in [0.1, 0.15) is 41.4 Å². The molecule has 1 aromatic carbocycles. The topological polar surface area (TPSA) is 63.7 Å². The third-order valence-corrected chi connectivity index (χ3v) is 7.25. The van der Waals surface area contributed by atoms with Gasteiger partial charge in [0.25, 0.3) is 0 Å². The molecule has 7 heteroatoms. The summed E-state index contributed by atoms with van der Waals surface area (Å²) in [5.41, 5.74) is 1.14. The molecule has 5 nitrogen and oxygen atoms in total. The van der Waals surface area contributed by atoms with Gasteiger partial charge >= 0.3 is 5.97 Å². The van der Waals surface area contributed by atoms with Crippen molar-refractivity contribution in [2.24, 2.45) is 0 Å². The quantitative estimate of drug-likeness (QED) is 0.587. The number of piperidine rings is 1. The maximum absolute atomic E-state index is 12.8. The second-order valence-corrected chi connectivity index (χ2v) is 8.79. The molecule has 1 aliphatic rings. The molecule has 0 spiro atoms. The van der Waals surface area contributed by atoms with Crippen molar-refractivity contribution in [1.82, 2.24) is 4.31 Å². The predicted molar refractivity (Wildman–Crippen MR) is 97.7 cm³/mol. The summed E-state index contributed by atoms with van der Waals surface area (Å²) in [5, 5.41) is 1.62. The van der Waals surface area contributed by atoms with Gasteiger partial charge in [-0.25, -0.2) is 13.2 Å². The smallest absolute Gasteiger partial charge is 0.355 e. The van der Waals surface area contributed by atoms with Crippen LogP contribution in [0, 0.1) is 0 Å². The number of hydrogen-bond acceptors (Lipinski definition) is 5. The summed E-state index contributed by atoms with van der Waals surface area (Å²) in [6.45, 7) is 3.06. The Morgan fingerprint density at radius 1 is 1.12 bits per heavy atom. The van der Waals surface area contributed by atoms with Gasteiger partial charge in [0.05, 0.1) is 0 Å². The minimum absolute atomic E-state index is 0.0505. The molecule has 1 aromatic heterocycles. The molecular weight excluding hydrogens is 358 g/mol. The molecule has 0 amide bonds. The molecule has 0 saturated carbocycles. The van der Waals surface area contributed by atoms with E-state index >= 15 is 0 Å². The van der Waals surface area contributed by atoms with Gasteiger partial charge in [-0.05, 0) is 48.4 Å². The lowest BCUT2D eigenvalue weighted by molar-refractivity contribution is 0.0736. The molecule has 0 radical (unpaired) electrons. The van der Waals surface area contributed by atoms with Gasteiger partial charge in [-0.2, -0.15) is 4.31 Å². The summed E-state index contributed by atoms with van der Waals surface area (Å²) in [7, 11) is -3.65. The van der Waals surface area contributed by atoms with Gasteiger partial charge in [0.1, 0.15) is 15.5 Å². The van der Waals surface area contributed by atoms with Gasteiger partial charge in [0, 0.05) is 13.1 Å². The monoisotopic (exact) mass is 379 g/mol. The van der Waals surface area contributed by atoms with Gasteiger partial charge in [-0.3, -0.25) is 0 Å². The van der Waals surface area contributed by atoms with E-state index in [-0.39, 0.29) is 9.77 Å². The summed E-state index contributed by atoms with van der Waals surface area (Å²) in [5.74, 6) is -0.216. The highest BCUT2D eigenvalue weighted by atomic mass is 32.2. The zero-order chi connectivity index (χ0) is 17.9. The number of carbonyl (C=O) groups is 1. The van der Waals surface area contributed by atoms with Gasteiger partial charge in [-0.15, -0.1) is 11.3 Å². The van der Waals surface area contributed by atoms with E-state index < -0.39 is 16.0 Å². The molecule has 1 aliphatic heterocycles. The molecule has 0 N–H and O–H groups in total. The zero-order valence-corrected chi connectivity index (χ0v) is 15.7. The van der Waals surface area contributed by atoms with Crippen molar-refractivity contribution in [2.45, 2.75) is 37.5 Å². The Labute approximate surface area is 152 Å². The molecule has 0 unspecified atom stereocenters. The minimum atomic E-state index is -3.65. The Hall–Kier alpha value is -1.70. The van der Waals surface area contributed by atoms with Crippen LogP contribution in [0.25, 0.3) is 0 Å². The Balaban J connectivity index is 1.81. The van der Waals surface area contributed by atoms with Crippen molar-refractivity contribution >= 4 is 27.3 Å². The molecule has 134 valence electrons. The molecule has 25 heavy (non-hydrogen) atoms. The molecule has 1 fully saturated rings. The first-order valence-corrected chi connectivity index (χ1v) is 10.7. The molecule has 0 bridgehead atoms. The summed E-state index contributed by atoms with van der Waals surface area (Å²) in [6.07, 6.45) is 3.65. The van der Waals surface area contributed by atoms with Crippen LogP contribution in [-0.2, 0) is 16.4 Å². The van der Waals surface area contributed by atoms with Crippen LogP contribution in [0.5, 0.6) is 5.75 Å². The van der Waals surface area contributed by atoms with Crippen molar-refractivity contribution in [3.05, 3.63) is 46.2 Å². The van der Waals surface area contributed by atoms with Crippen LogP contribution >= 0.6 is 11.3 Å². The van der Waals surface area contributed by atoms with Gasteiger partial charge in [0.2, 0.25) is 10.0 Å². The van der Waals surface area contributed by atoms with Crippen molar-refractivity contribution in [1.29, 1.82) is 0 Å². The molecule has 0 atom stereocenters. The van der Waals surface area contributed by atoms with Gasteiger partial charge < -0.3 is 4.74 Å². The number of carbonyl (C=O) groups excluding carboxylic acids is 1. The number of rotatable bonds is 5. The number of thiophene rings is 1. The second-order valence-electron chi connectivity index (χ2n) is 5.97. The van der Waals surface area contributed by atoms with Crippen molar-refractivity contribution in [2.75, 3.05) is 13.1 Å². The average Bonchev–Trinajstić information content (AvgIpc) is 3.14. The van der Waals surface area contributed by atoms with E-state index in [9.17, 15) is 13.2 Å². The molecule has 2 aromatic rings. The first-order chi connectivity index (χ1) is 12.0. The maximum atomic E-state index is 12.8. The lowest BCUT2D eigenvalue weighted by atomic mass is 10.2. The lowest BCUT2D eigenvalue weighted by Crippen LogP contribution is -2.36. The molecular formula is C18H21NO4S2. The van der Waals surface area contributed by atoms with Crippen LogP contribution in [0.4, 0.5) is 0 Å². The zero-order valence-electron chi connectivity index (χ0n) is 14.1. The van der Waals surface area contributed by atoms with Crippen molar-refractivity contribution in [3.8, 4) is 5.75 Å². The van der Waals surface area contributed by atoms with Crippen molar-refractivity contribution < 1.29 is 17.9 Å². The van der Waals surface area contributed by atoms with E-state index in [1.165, 1.54) is 10.4 Å². The lowest BCUT2D eigenvalue weighted by Gasteiger charge is -2.25. The summed E-state index contributed by atoms with van der Waals surface area (Å²) in [4.78, 5) is 12.7. The standard InChI is InChI=1S/C18H21NO4S2/c1-2-14-6-8-15(9-7-14)23-18(20)17-16(10-13-24-17)25(21,22)19-11-4-3-5-12-19/h6-10,13H,2-5,11-12H2,1H3. The van der Waals surface area contributed by atoms with Crippen LogP contribution < -0.4 is 4.74 Å². The Morgan fingerprint density at radius 3 is 2.44 bits per heavy atom. The van der Waals surface area contributed by atoms with E-state index in [4.69, 9.17) is 4.74 Å². The highest BCUT2D eigenvalue weighted by Crippen LogP contribution is 2.28. The number of nitrogens with zero attached hydrogens (tertiary/aromatic N) is 1. The fourth-order valence-corrected chi connectivity index (χ4v) is 5.62. The highest BCUT2D eigenvalue weighted by Gasteiger charge is 2.31. The third kappa shape index (κ3) is 3.94. The predicted octanol–water partition coefficient (Wildman–Crippen LogP) is 3.70. The first-order valence-electron chi connectivity index (χ1n) is 8.41. The third-order valence-electron chi connectivity index (χ3n) is 4.29. The molecule has 0 aliphatic carbocycles. The van der Waals surface area contributed by atoms with Gasteiger partial charge in [0.15, 0.2) is 0 Å². The average molecular weight is 380 g/mol. The summed E-state index contributed by atoms with van der Waals surface area (Å²) >= 11 is 1.10. The number of aryl methyl sites for hydroxylation is 1. The molecule has 3 rings (SSSR count). The fourth-order valence-electron chi connectivity index (χ4n) is 2.84. The van der Waals surface area contributed by atoms with Crippen LogP contribution in [0.3, 0.4) is 0 Å². The second kappa shape index (κ2) is 7.68. The largest absolute Gasteiger partial charge is 0.422 e. The highest BCUT2D eigenvalue weighted by molar-refractivity contribution is 7.89. The number of benzene rings is 1. The van der Waals surface area contributed by atoms with E-state index in [2.05, 4.69) is 0 Å². The van der Waals surface area contributed by atoms with Crippen LogP contribution in [0.15, 0.2) is 40.6 Å².